The first kappa shape index (κ1) is 14.6. The molecule has 0 bridgehead atoms. The Labute approximate surface area is 122 Å². The van der Waals surface area contributed by atoms with Gasteiger partial charge in [-0.3, -0.25) is 4.90 Å². The maximum Gasteiger partial charge on any atom is 0.337 e. The molecule has 1 N–H and O–H groups in total. The summed E-state index contributed by atoms with van der Waals surface area (Å²) in [6, 6.07) is 8.92. The van der Waals surface area contributed by atoms with Crippen molar-refractivity contribution in [2.45, 2.75) is 19.5 Å². The minimum absolute atomic E-state index is 0.122. The SMILES string of the molecule is CC(c1ccco1)N(C)Cc1ccc(C(=O)O)c(Cl)c1. The van der Waals surface area contributed by atoms with Gasteiger partial charge >= 0.3 is 5.97 Å². The summed E-state index contributed by atoms with van der Waals surface area (Å²) in [5, 5.41) is 9.20. The molecule has 2 aromatic rings. The lowest BCUT2D eigenvalue weighted by Gasteiger charge is -2.23. The van der Waals surface area contributed by atoms with Crippen LogP contribution in [0.4, 0.5) is 0 Å². The Morgan fingerprint density at radius 1 is 1.45 bits per heavy atom. The second kappa shape index (κ2) is 6.11. The molecule has 0 radical (unpaired) electrons. The van der Waals surface area contributed by atoms with Crippen LogP contribution in [0.15, 0.2) is 41.0 Å². The Balaban J connectivity index is 2.10. The van der Waals surface area contributed by atoms with Crippen molar-refractivity contribution < 1.29 is 14.3 Å². The summed E-state index contributed by atoms with van der Waals surface area (Å²) in [4.78, 5) is 13.0. The molecule has 2 rings (SSSR count). The summed E-state index contributed by atoms with van der Waals surface area (Å²) in [6.45, 7) is 2.70. The van der Waals surface area contributed by atoms with Crippen molar-refractivity contribution in [2.24, 2.45) is 0 Å². The minimum Gasteiger partial charge on any atom is -0.478 e. The van der Waals surface area contributed by atoms with Gasteiger partial charge in [0.1, 0.15) is 5.76 Å². The third-order valence-electron chi connectivity index (χ3n) is 3.31. The van der Waals surface area contributed by atoms with E-state index < -0.39 is 5.97 Å². The predicted octanol–water partition coefficient (Wildman–Crippen LogP) is 3.82. The molecule has 1 atom stereocenters. The van der Waals surface area contributed by atoms with E-state index >= 15 is 0 Å². The van der Waals surface area contributed by atoms with E-state index in [0.717, 1.165) is 11.3 Å². The summed E-state index contributed by atoms with van der Waals surface area (Å²) in [5.74, 6) is -0.125. The second-order valence-electron chi connectivity index (χ2n) is 4.73. The minimum atomic E-state index is -1.01. The van der Waals surface area contributed by atoms with E-state index in [1.807, 2.05) is 26.1 Å². The quantitative estimate of drug-likeness (QED) is 0.910. The van der Waals surface area contributed by atoms with Crippen LogP contribution in [0, 0.1) is 0 Å². The van der Waals surface area contributed by atoms with Crippen molar-refractivity contribution in [3.63, 3.8) is 0 Å². The number of furan rings is 1. The number of halogens is 1. The molecule has 0 aliphatic heterocycles. The van der Waals surface area contributed by atoms with Crippen LogP contribution in [0.25, 0.3) is 0 Å². The monoisotopic (exact) mass is 293 g/mol. The van der Waals surface area contributed by atoms with E-state index in [-0.39, 0.29) is 16.6 Å². The average Bonchev–Trinajstić information content (AvgIpc) is 2.91. The first-order valence-electron chi connectivity index (χ1n) is 6.24. The number of hydrogen-bond donors (Lipinski definition) is 1. The average molecular weight is 294 g/mol. The van der Waals surface area contributed by atoms with Crippen LogP contribution in [0.2, 0.25) is 5.02 Å². The number of rotatable bonds is 5. The Morgan fingerprint density at radius 3 is 2.75 bits per heavy atom. The maximum atomic E-state index is 10.9. The molecule has 5 heteroatoms. The molecule has 106 valence electrons. The molecule has 0 fully saturated rings. The highest BCUT2D eigenvalue weighted by molar-refractivity contribution is 6.33. The Kier molecular flexibility index (Phi) is 4.47. The number of carboxylic acids is 1. The lowest BCUT2D eigenvalue weighted by Crippen LogP contribution is -2.21. The highest BCUT2D eigenvalue weighted by Gasteiger charge is 2.15. The van der Waals surface area contributed by atoms with Crippen LogP contribution >= 0.6 is 11.6 Å². The third-order valence-corrected chi connectivity index (χ3v) is 3.62. The van der Waals surface area contributed by atoms with E-state index in [9.17, 15) is 4.79 Å². The van der Waals surface area contributed by atoms with Gasteiger partial charge in [0.05, 0.1) is 22.9 Å². The maximum absolute atomic E-state index is 10.9. The zero-order valence-electron chi connectivity index (χ0n) is 11.3. The molecule has 20 heavy (non-hydrogen) atoms. The van der Waals surface area contributed by atoms with Gasteiger partial charge in [-0.2, -0.15) is 0 Å². The van der Waals surface area contributed by atoms with E-state index in [2.05, 4.69) is 4.90 Å². The van der Waals surface area contributed by atoms with Gasteiger partial charge in [0, 0.05) is 6.54 Å². The highest BCUT2D eigenvalue weighted by Crippen LogP contribution is 2.23. The summed E-state index contributed by atoms with van der Waals surface area (Å²) < 4.78 is 5.38. The van der Waals surface area contributed by atoms with Crippen LogP contribution in [0.5, 0.6) is 0 Å². The number of nitrogens with zero attached hydrogens (tertiary/aromatic N) is 1. The van der Waals surface area contributed by atoms with Gasteiger partial charge in [-0.15, -0.1) is 0 Å². The zero-order valence-corrected chi connectivity index (χ0v) is 12.1. The van der Waals surface area contributed by atoms with Crippen LogP contribution in [-0.4, -0.2) is 23.0 Å². The van der Waals surface area contributed by atoms with Gasteiger partial charge in [0.15, 0.2) is 0 Å². The molecule has 0 aliphatic rings. The molecule has 0 spiro atoms. The fraction of sp³-hybridized carbons (Fsp3) is 0.267. The lowest BCUT2D eigenvalue weighted by atomic mass is 10.1. The third kappa shape index (κ3) is 3.21. The van der Waals surface area contributed by atoms with E-state index in [1.165, 1.54) is 6.07 Å². The number of aromatic carboxylic acids is 1. The molecule has 1 aromatic heterocycles. The fourth-order valence-corrected chi connectivity index (χ4v) is 2.29. The highest BCUT2D eigenvalue weighted by atomic mass is 35.5. The van der Waals surface area contributed by atoms with Gasteiger partial charge in [-0.05, 0) is 43.8 Å². The molecular weight excluding hydrogens is 278 g/mol. The van der Waals surface area contributed by atoms with Gasteiger partial charge in [-0.25, -0.2) is 4.79 Å². The molecular formula is C15H16ClNO3. The smallest absolute Gasteiger partial charge is 0.337 e. The van der Waals surface area contributed by atoms with Gasteiger partial charge in [-0.1, -0.05) is 17.7 Å². The Hall–Kier alpha value is -1.78. The molecule has 0 aliphatic carbocycles. The Bertz CT molecular complexity index is 595. The van der Waals surface area contributed by atoms with Gasteiger partial charge in [0.25, 0.3) is 0 Å². The molecule has 0 saturated carbocycles. The molecule has 0 amide bonds. The van der Waals surface area contributed by atoms with Crippen LogP contribution in [-0.2, 0) is 6.54 Å². The van der Waals surface area contributed by atoms with Crippen LogP contribution in [0.3, 0.4) is 0 Å². The van der Waals surface area contributed by atoms with Gasteiger partial charge in [0.2, 0.25) is 0 Å². The van der Waals surface area contributed by atoms with Gasteiger partial charge < -0.3 is 9.52 Å². The van der Waals surface area contributed by atoms with Crippen molar-refractivity contribution in [3.05, 3.63) is 58.5 Å². The largest absolute Gasteiger partial charge is 0.478 e. The first-order valence-corrected chi connectivity index (χ1v) is 6.62. The first-order chi connectivity index (χ1) is 9.49. The van der Waals surface area contributed by atoms with Crippen molar-refractivity contribution in [1.82, 2.24) is 4.90 Å². The van der Waals surface area contributed by atoms with Crippen molar-refractivity contribution >= 4 is 17.6 Å². The van der Waals surface area contributed by atoms with Crippen LogP contribution < -0.4 is 0 Å². The zero-order chi connectivity index (χ0) is 14.7. The number of benzene rings is 1. The summed E-state index contributed by atoms with van der Waals surface area (Å²) in [6.07, 6.45) is 1.65. The van der Waals surface area contributed by atoms with E-state index in [4.69, 9.17) is 21.1 Å². The van der Waals surface area contributed by atoms with E-state index in [0.29, 0.717) is 6.54 Å². The second-order valence-corrected chi connectivity index (χ2v) is 5.13. The van der Waals surface area contributed by atoms with Crippen molar-refractivity contribution in [2.75, 3.05) is 7.05 Å². The molecule has 0 saturated heterocycles. The number of carbonyl (C=O) groups is 1. The molecule has 1 heterocycles. The normalized spacial score (nSPS) is 12.6. The predicted molar refractivity (Wildman–Crippen MR) is 77.0 cm³/mol. The molecule has 1 aromatic carbocycles. The summed E-state index contributed by atoms with van der Waals surface area (Å²) >= 11 is 5.97. The molecule has 1 unspecified atom stereocenters. The lowest BCUT2D eigenvalue weighted by molar-refractivity contribution is 0.0697. The summed E-state index contributed by atoms with van der Waals surface area (Å²) in [5.41, 5.74) is 1.08. The molecule has 4 nitrogen and oxygen atoms in total. The van der Waals surface area contributed by atoms with E-state index in [1.54, 1.807) is 18.4 Å². The van der Waals surface area contributed by atoms with Crippen molar-refractivity contribution in [3.8, 4) is 0 Å². The standard InChI is InChI=1S/C15H16ClNO3/c1-10(14-4-3-7-20-14)17(2)9-11-5-6-12(15(18)19)13(16)8-11/h3-8,10H,9H2,1-2H3,(H,18,19). The number of hydrogen-bond acceptors (Lipinski definition) is 3. The fourth-order valence-electron chi connectivity index (χ4n) is 2.00. The van der Waals surface area contributed by atoms with Crippen LogP contribution in [0.1, 0.15) is 34.6 Å². The summed E-state index contributed by atoms with van der Waals surface area (Å²) in [7, 11) is 1.98. The topological polar surface area (TPSA) is 53.7 Å². The van der Waals surface area contributed by atoms with Crippen molar-refractivity contribution in [1.29, 1.82) is 0 Å². The Morgan fingerprint density at radius 2 is 2.20 bits per heavy atom. The number of carboxylic acid groups (broad SMARTS) is 1.